The molecule has 10 heteroatoms. The van der Waals surface area contributed by atoms with Gasteiger partial charge in [-0.15, -0.1) is 0 Å². The first-order valence-corrected chi connectivity index (χ1v) is 13.2. The van der Waals surface area contributed by atoms with E-state index in [0.717, 1.165) is 4.47 Å². The molecule has 0 saturated carbocycles. The molecule has 1 atom stereocenters. The predicted octanol–water partition coefficient (Wildman–Crippen LogP) is 6.61. The number of nitrogens with zero attached hydrogens (tertiary/aromatic N) is 4. The molecular formula is C27H26BrCl2N5O2. The van der Waals surface area contributed by atoms with Crippen molar-refractivity contribution < 1.29 is 4.79 Å². The molecule has 1 heterocycles. The molecule has 1 unspecified atom stereocenters. The maximum atomic E-state index is 13.7. The van der Waals surface area contributed by atoms with E-state index >= 15 is 0 Å². The van der Waals surface area contributed by atoms with E-state index in [1.165, 1.54) is 0 Å². The lowest BCUT2D eigenvalue weighted by molar-refractivity contribution is 0.181. The van der Waals surface area contributed by atoms with Gasteiger partial charge in [-0.3, -0.25) is 9.36 Å². The van der Waals surface area contributed by atoms with Crippen LogP contribution in [0.1, 0.15) is 18.8 Å². The lowest BCUT2D eigenvalue weighted by Gasteiger charge is -2.31. The van der Waals surface area contributed by atoms with Gasteiger partial charge in [-0.05, 0) is 75.6 Å². The number of para-hydroxylation sites is 1. The number of aromatic nitrogens is 2. The highest BCUT2D eigenvalue weighted by Gasteiger charge is 2.27. The minimum absolute atomic E-state index is 0.202. The third kappa shape index (κ3) is 6.15. The number of anilines is 1. The Balaban J connectivity index is 1.81. The summed E-state index contributed by atoms with van der Waals surface area (Å²) in [6, 6.07) is 18.7. The Bertz CT molecular complexity index is 1490. The minimum atomic E-state index is -0.552. The van der Waals surface area contributed by atoms with E-state index in [2.05, 4.69) is 21.2 Å². The molecule has 0 bridgehead atoms. The maximum Gasteiger partial charge on any atom is 0.322 e. The second-order valence-electron chi connectivity index (χ2n) is 8.84. The van der Waals surface area contributed by atoms with Crippen LogP contribution in [-0.2, 0) is 0 Å². The second kappa shape index (κ2) is 11.6. The van der Waals surface area contributed by atoms with Crippen LogP contribution in [0.5, 0.6) is 0 Å². The number of hydrogen-bond donors (Lipinski definition) is 1. The molecule has 4 rings (SSSR count). The maximum absolute atomic E-state index is 13.7. The molecule has 0 radical (unpaired) electrons. The summed E-state index contributed by atoms with van der Waals surface area (Å²) in [4.78, 5) is 35.8. The van der Waals surface area contributed by atoms with Crippen LogP contribution in [0.3, 0.4) is 0 Å². The van der Waals surface area contributed by atoms with Gasteiger partial charge in [0.15, 0.2) is 0 Å². The van der Waals surface area contributed by atoms with Crippen molar-refractivity contribution in [2.75, 3.05) is 32.5 Å². The van der Waals surface area contributed by atoms with E-state index in [4.69, 9.17) is 28.2 Å². The first-order chi connectivity index (χ1) is 17.7. The third-order valence-electron chi connectivity index (χ3n) is 5.95. The van der Waals surface area contributed by atoms with E-state index in [1.54, 1.807) is 39.8 Å². The van der Waals surface area contributed by atoms with Crippen molar-refractivity contribution in [2.24, 2.45) is 0 Å². The van der Waals surface area contributed by atoms with Crippen LogP contribution in [0.4, 0.5) is 10.5 Å². The Hall–Kier alpha value is -2.91. The fraction of sp³-hybridized carbons (Fsp3) is 0.222. The van der Waals surface area contributed by atoms with Gasteiger partial charge in [0.25, 0.3) is 5.56 Å². The number of carbonyl (C=O) groups excluding carboxylic acids is 1. The Labute approximate surface area is 233 Å². The topological polar surface area (TPSA) is 70.5 Å². The average molecular weight is 603 g/mol. The van der Waals surface area contributed by atoms with Crippen LogP contribution in [0.25, 0.3) is 16.6 Å². The van der Waals surface area contributed by atoms with Crippen LogP contribution in [0.15, 0.2) is 76.0 Å². The molecule has 192 valence electrons. The highest BCUT2D eigenvalue weighted by Crippen LogP contribution is 2.27. The number of amides is 2. The molecule has 0 saturated heterocycles. The van der Waals surface area contributed by atoms with Gasteiger partial charge in [0.2, 0.25) is 0 Å². The molecule has 0 fully saturated rings. The summed E-state index contributed by atoms with van der Waals surface area (Å²) in [5, 5.41) is 4.15. The molecule has 7 nitrogen and oxygen atoms in total. The van der Waals surface area contributed by atoms with Gasteiger partial charge in [-0.25, -0.2) is 9.78 Å². The lowest BCUT2D eigenvalue weighted by atomic mass is 10.2. The molecule has 0 spiro atoms. The summed E-state index contributed by atoms with van der Waals surface area (Å²) in [6.45, 7) is 2.87. The van der Waals surface area contributed by atoms with Crippen molar-refractivity contribution >= 4 is 61.8 Å². The number of urea groups is 1. The van der Waals surface area contributed by atoms with Crippen LogP contribution in [-0.4, -0.2) is 52.6 Å². The molecule has 1 aromatic heterocycles. The highest BCUT2D eigenvalue weighted by atomic mass is 79.9. The number of rotatable bonds is 7. The number of nitrogens with one attached hydrogen (secondary N) is 1. The van der Waals surface area contributed by atoms with Gasteiger partial charge >= 0.3 is 6.03 Å². The number of likely N-dealkylation sites (N-methyl/N-ethyl adjacent to an activating group) is 1. The number of fused-ring (bicyclic) bond motifs is 1. The number of halogens is 3. The van der Waals surface area contributed by atoms with Gasteiger partial charge < -0.3 is 15.1 Å². The summed E-state index contributed by atoms with van der Waals surface area (Å²) in [7, 11) is 3.87. The van der Waals surface area contributed by atoms with E-state index in [0.29, 0.717) is 51.2 Å². The van der Waals surface area contributed by atoms with Gasteiger partial charge in [0.1, 0.15) is 5.82 Å². The molecule has 4 aromatic rings. The predicted molar refractivity (Wildman–Crippen MR) is 154 cm³/mol. The lowest BCUT2D eigenvalue weighted by Crippen LogP contribution is -2.43. The summed E-state index contributed by atoms with van der Waals surface area (Å²) >= 11 is 15.6. The number of hydrogen-bond acceptors (Lipinski definition) is 4. The van der Waals surface area contributed by atoms with Crippen molar-refractivity contribution in [2.45, 2.75) is 13.0 Å². The zero-order chi connectivity index (χ0) is 26.7. The van der Waals surface area contributed by atoms with Crippen molar-refractivity contribution in [3.8, 4) is 5.69 Å². The number of carbonyl (C=O) groups is 1. The van der Waals surface area contributed by atoms with Gasteiger partial charge in [-0.2, -0.15) is 0 Å². The normalized spacial score (nSPS) is 12.1. The summed E-state index contributed by atoms with van der Waals surface area (Å²) < 4.78 is 2.47. The van der Waals surface area contributed by atoms with Gasteiger partial charge in [0.05, 0.1) is 32.7 Å². The number of benzene rings is 3. The van der Waals surface area contributed by atoms with Crippen LogP contribution < -0.4 is 10.9 Å². The van der Waals surface area contributed by atoms with E-state index in [1.807, 2.05) is 62.3 Å². The molecule has 0 aliphatic heterocycles. The molecular weight excluding hydrogens is 577 g/mol. The molecule has 2 amide bonds. The molecule has 1 N–H and O–H groups in total. The van der Waals surface area contributed by atoms with Crippen molar-refractivity contribution in [1.82, 2.24) is 19.4 Å². The Morgan fingerprint density at radius 3 is 2.41 bits per heavy atom. The second-order valence-corrected chi connectivity index (χ2v) is 10.6. The first kappa shape index (κ1) is 27.1. The Morgan fingerprint density at radius 1 is 1.03 bits per heavy atom. The fourth-order valence-corrected chi connectivity index (χ4v) is 4.52. The molecule has 0 aliphatic rings. The van der Waals surface area contributed by atoms with Crippen molar-refractivity contribution in [3.05, 3.63) is 97.4 Å². The van der Waals surface area contributed by atoms with Crippen molar-refractivity contribution in [1.29, 1.82) is 0 Å². The molecule has 3 aromatic carbocycles. The molecule has 37 heavy (non-hydrogen) atoms. The molecule has 0 aliphatic carbocycles. The summed E-state index contributed by atoms with van der Waals surface area (Å²) in [5.41, 5.74) is 1.54. The average Bonchev–Trinajstić information content (AvgIpc) is 2.87. The standard InChI is InChI=1S/C27H26BrCl2N5O2/c1-17(34(15-14-33(2)3)27(37)31-19-10-13-22(29)23(30)16-19)25-32-24-7-5-4-6-21(24)26(36)35(25)20-11-8-18(28)9-12-20/h4-13,16-17H,14-15H2,1-3H3,(H,31,37). The van der Waals surface area contributed by atoms with Crippen molar-refractivity contribution in [3.63, 3.8) is 0 Å². The smallest absolute Gasteiger partial charge is 0.313 e. The highest BCUT2D eigenvalue weighted by molar-refractivity contribution is 9.10. The Kier molecular flexibility index (Phi) is 8.54. The quantitative estimate of drug-likeness (QED) is 0.258. The largest absolute Gasteiger partial charge is 0.322 e. The van der Waals surface area contributed by atoms with Crippen LogP contribution in [0.2, 0.25) is 10.0 Å². The summed E-state index contributed by atoms with van der Waals surface area (Å²) in [5.74, 6) is 0.453. The van der Waals surface area contributed by atoms with Gasteiger partial charge in [0, 0.05) is 23.2 Å². The van der Waals surface area contributed by atoms with Gasteiger partial charge in [-0.1, -0.05) is 51.3 Å². The van der Waals surface area contributed by atoms with E-state index in [9.17, 15) is 9.59 Å². The van der Waals surface area contributed by atoms with E-state index in [-0.39, 0.29) is 11.6 Å². The van der Waals surface area contributed by atoms with Crippen LogP contribution >= 0.6 is 39.1 Å². The minimum Gasteiger partial charge on any atom is -0.313 e. The first-order valence-electron chi connectivity index (χ1n) is 11.6. The van der Waals surface area contributed by atoms with E-state index < -0.39 is 6.04 Å². The van der Waals surface area contributed by atoms with Crippen LogP contribution in [0, 0.1) is 0 Å². The summed E-state index contributed by atoms with van der Waals surface area (Å²) in [6.07, 6.45) is 0. The Morgan fingerprint density at radius 2 is 1.73 bits per heavy atom. The zero-order valence-electron chi connectivity index (χ0n) is 20.6. The monoisotopic (exact) mass is 601 g/mol. The SMILES string of the molecule is CC(c1nc2ccccc2c(=O)n1-c1ccc(Br)cc1)N(CCN(C)C)C(=O)Nc1ccc(Cl)c(Cl)c1. The zero-order valence-corrected chi connectivity index (χ0v) is 23.7. The fourth-order valence-electron chi connectivity index (χ4n) is 3.96. The third-order valence-corrected chi connectivity index (χ3v) is 7.22.